The van der Waals surface area contributed by atoms with Gasteiger partial charge >= 0.3 is 12.1 Å². The summed E-state index contributed by atoms with van der Waals surface area (Å²) < 4.78 is 9.74. The number of carbonyl (C=O) groups is 5. The van der Waals surface area contributed by atoms with E-state index in [0.717, 1.165) is 16.0 Å². The fourth-order valence-corrected chi connectivity index (χ4v) is 3.31. The van der Waals surface area contributed by atoms with Crippen LogP contribution in [0.4, 0.5) is 4.79 Å². The molecule has 0 bridgehead atoms. The third-order valence-electron chi connectivity index (χ3n) is 4.83. The highest BCUT2D eigenvalue weighted by atomic mass is 16.6. The number of hydrogen-bond acceptors (Lipinski definition) is 7. The van der Waals surface area contributed by atoms with Crippen molar-refractivity contribution in [2.45, 2.75) is 58.7 Å². The lowest BCUT2D eigenvalue weighted by molar-refractivity contribution is -0.144. The van der Waals surface area contributed by atoms with E-state index in [9.17, 15) is 24.0 Å². The second-order valence-electron chi connectivity index (χ2n) is 8.82. The molecule has 11 heteroatoms. The summed E-state index contributed by atoms with van der Waals surface area (Å²) in [4.78, 5) is 63.1. The Balaban J connectivity index is 3.35. The molecule has 0 aliphatic rings. The first kappa shape index (κ1) is 28.4. The Labute approximate surface area is 199 Å². The molecule has 0 aromatic heterocycles. The maximum atomic E-state index is 13.4. The summed E-state index contributed by atoms with van der Waals surface area (Å²) in [6.07, 6.45) is -1.43. The molecule has 0 aliphatic carbocycles. The Morgan fingerprint density at radius 2 is 1.65 bits per heavy atom. The van der Waals surface area contributed by atoms with Crippen LogP contribution in [0.3, 0.4) is 0 Å². The smallest absolute Gasteiger partial charge is 0.408 e. The highest BCUT2D eigenvalue weighted by Gasteiger charge is 2.36. The Kier molecular flexibility index (Phi) is 10.0. The van der Waals surface area contributed by atoms with E-state index in [1.165, 1.54) is 14.2 Å². The summed E-state index contributed by atoms with van der Waals surface area (Å²) in [5, 5.41) is 4.82. The number of alkyl carbamates (subject to hydrolysis) is 1. The summed E-state index contributed by atoms with van der Waals surface area (Å²) in [7, 11) is 2.55. The van der Waals surface area contributed by atoms with Crippen molar-refractivity contribution in [2.75, 3.05) is 20.7 Å². The van der Waals surface area contributed by atoms with Gasteiger partial charge in [-0.05, 0) is 51.3 Å². The van der Waals surface area contributed by atoms with Crippen molar-refractivity contribution in [1.82, 2.24) is 15.5 Å². The Morgan fingerprint density at radius 3 is 2.12 bits per heavy atom. The normalized spacial score (nSPS) is 12.7. The Hall–Kier alpha value is -3.63. The van der Waals surface area contributed by atoms with Crippen molar-refractivity contribution in [3.05, 3.63) is 34.9 Å². The first-order chi connectivity index (χ1) is 15.7. The van der Waals surface area contributed by atoms with Crippen LogP contribution >= 0.6 is 0 Å². The molecule has 2 atom stereocenters. The van der Waals surface area contributed by atoms with Gasteiger partial charge < -0.3 is 30.7 Å². The number of nitrogens with zero attached hydrogens (tertiary/aromatic N) is 1. The van der Waals surface area contributed by atoms with Crippen molar-refractivity contribution in [3.63, 3.8) is 0 Å². The minimum Gasteiger partial charge on any atom is -0.468 e. The number of methoxy groups -OCH3 is 1. The van der Waals surface area contributed by atoms with Gasteiger partial charge in [-0.25, -0.2) is 4.79 Å². The Bertz CT molecular complexity index is 919. The van der Waals surface area contributed by atoms with Crippen LogP contribution in [0, 0.1) is 13.8 Å². The van der Waals surface area contributed by atoms with E-state index < -0.39 is 60.4 Å². The van der Waals surface area contributed by atoms with E-state index in [0.29, 0.717) is 5.56 Å². The molecule has 2 unspecified atom stereocenters. The zero-order valence-electron chi connectivity index (χ0n) is 20.7. The van der Waals surface area contributed by atoms with Gasteiger partial charge in [0.05, 0.1) is 13.5 Å². The lowest BCUT2D eigenvalue weighted by atomic mass is 9.94. The van der Waals surface area contributed by atoms with Crippen LogP contribution in [-0.2, 0) is 28.7 Å². The number of nitrogens with two attached hydrogens (primary N) is 1. The van der Waals surface area contributed by atoms with E-state index in [1.54, 1.807) is 52.8 Å². The van der Waals surface area contributed by atoms with Crippen LogP contribution in [0.1, 0.15) is 49.9 Å². The fourth-order valence-electron chi connectivity index (χ4n) is 3.31. The third-order valence-corrected chi connectivity index (χ3v) is 4.83. The molecule has 4 N–H and O–H groups in total. The number of likely N-dealkylation sites (N-methyl/N-ethyl adjacent to an activating group) is 1. The number of primary amides is 1. The number of nitrogens with one attached hydrogen (secondary N) is 2. The summed E-state index contributed by atoms with van der Waals surface area (Å²) >= 11 is 0. The van der Waals surface area contributed by atoms with Crippen LogP contribution in [0.2, 0.25) is 0 Å². The number of amides is 4. The predicted molar refractivity (Wildman–Crippen MR) is 123 cm³/mol. The van der Waals surface area contributed by atoms with Gasteiger partial charge in [-0.2, -0.15) is 0 Å². The fraction of sp³-hybridized carbons (Fsp3) is 0.522. The van der Waals surface area contributed by atoms with Gasteiger partial charge in [-0.15, -0.1) is 0 Å². The van der Waals surface area contributed by atoms with Crippen LogP contribution < -0.4 is 16.4 Å². The molecule has 188 valence electrons. The molecule has 1 aromatic rings. The first-order valence-electron chi connectivity index (χ1n) is 10.6. The minimum absolute atomic E-state index is 0.403. The molecule has 0 spiro atoms. The highest BCUT2D eigenvalue weighted by molar-refractivity contribution is 5.95. The molecule has 34 heavy (non-hydrogen) atoms. The van der Waals surface area contributed by atoms with Crippen LogP contribution in [-0.4, -0.2) is 67.0 Å². The molecule has 0 aliphatic heterocycles. The van der Waals surface area contributed by atoms with E-state index >= 15 is 0 Å². The number of esters is 1. The second kappa shape index (κ2) is 12.0. The molecule has 0 radical (unpaired) electrons. The largest absolute Gasteiger partial charge is 0.468 e. The lowest BCUT2D eigenvalue weighted by Gasteiger charge is -2.32. The summed E-state index contributed by atoms with van der Waals surface area (Å²) in [5.41, 5.74) is 6.44. The average molecular weight is 479 g/mol. The van der Waals surface area contributed by atoms with Crippen molar-refractivity contribution < 1.29 is 33.4 Å². The molecule has 0 saturated heterocycles. The summed E-state index contributed by atoms with van der Waals surface area (Å²) in [6.45, 7) is 8.09. The second-order valence-corrected chi connectivity index (χ2v) is 8.82. The van der Waals surface area contributed by atoms with E-state index in [-0.39, 0.29) is 0 Å². The van der Waals surface area contributed by atoms with Crippen LogP contribution in [0.15, 0.2) is 18.2 Å². The number of ether oxygens (including phenoxy) is 2. The molecule has 1 aromatic carbocycles. The molecule has 0 heterocycles. The summed E-state index contributed by atoms with van der Waals surface area (Å²) in [6, 6.07) is 2.81. The van der Waals surface area contributed by atoms with Gasteiger partial charge in [-0.3, -0.25) is 19.2 Å². The molecule has 1 rings (SSSR count). The SMILES string of the molecule is COC(=O)CNC(=O)C(c1c(C)cccc1C)N(C)C(=O)C(CC(N)=O)NC(=O)OC(C)(C)C. The average Bonchev–Trinajstić information content (AvgIpc) is 2.71. The van der Waals surface area contributed by atoms with Crippen LogP contribution in [0.5, 0.6) is 0 Å². The number of benzene rings is 1. The lowest BCUT2D eigenvalue weighted by Crippen LogP contribution is -2.53. The van der Waals surface area contributed by atoms with Gasteiger partial charge in [0.1, 0.15) is 24.2 Å². The van der Waals surface area contributed by atoms with Gasteiger partial charge in [0.15, 0.2) is 0 Å². The monoisotopic (exact) mass is 478 g/mol. The predicted octanol–water partition coefficient (Wildman–Crippen LogP) is 0.861. The molecule has 4 amide bonds. The molecular weight excluding hydrogens is 444 g/mol. The maximum absolute atomic E-state index is 13.4. The van der Waals surface area contributed by atoms with E-state index in [1.807, 2.05) is 0 Å². The van der Waals surface area contributed by atoms with Crippen LogP contribution in [0.25, 0.3) is 0 Å². The van der Waals surface area contributed by atoms with Crippen molar-refractivity contribution in [1.29, 1.82) is 0 Å². The maximum Gasteiger partial charge on any atom is 0.408 e. The highest BCUT2D eigenvalue weighted by Crippen LogP contribution is 2.27. The van der Waals surface area contributed by atoms with Gasteiger partial charge in [0.2, 0.25) is 17.7 Å². The number of rotatable bonds is 9. The third kappa shape index (κ3) is 8.38. The quantitative estimate of drug-likeness (QED) is 0.444. The number of hydrogen-bond donors (Lipinski definition) is 3. The topological polar surface area (TPSA) is 157 Å². The Morgan fingerprint density at radius 1 is 1.09 bits per heavy atom. The van der Waals surface area contributed by atoms with E-state index in [4.69, 9.17) is 10.5 Å². The molecule has 11 nitrogen and oxygen atoms in total. The van der Waals surface area contributed by atoms with Crippen molar-refractivity contribution >= 4 is 29.8 Å². The zero-order valence-corrected chi connectivity index (χ0v) is 20.7. The van der Waals surface area contributed by atoms with E-state index in [2.05, 4.69) is 15.4 Å². The molecular formula is C23H34N4O7. The van der Waals surface area contributed by atoms with Crippen molar-refractivity contribution in [2.24, 2.45) is 5.73 Å². The molecule has 0 fully saturated rings. The number of carbonyl (C=O) groups excluding carboxylic acids is 5. The van der Waals surface area contributed by atoms with Gasteiger partial charge in [-0.1, -0.05) is 18.2 Å². The van der Waals surface area contributed by atoms with Crippen molar-refractivity contribution in [3.8, 4) is 0 Å². The van der Waals surface area contributed by atoms with Gasteiger partial charge in [0.25, 0.3) is 0 Å². The summed E-state index contributed by atoms with van der Waals surface area (Å²) in [5.74, 6) is -2.89. The first-order valence-corrected chi connectivity index (χ1v) is 10.6. The minimum atomic E-state index is -1.38. The standard InChI is InChI=1S/C23H34N4O7/c1-13-9-8-10-14(2)18(13)19(20(30)25-12-17(29)33-7)27(6)21(31)15(11-16(24)28)26-22(32)34-23(3,4)5/h8-10,15,19H,11-12H2,1-7H3,(H2,24,28)(H,25,30)(H,26,32). The zero-order chi connectivity index (χ0) is 26.2. The molecule has 0 saturated carbocycles. The van der Waals surface area contributed by atoms with Gasteiger partial charge in [0, 0.05) is 7.05 Å². The number of aryl methyl sites for hydroxylation is 2.